The fourth-order valence-corrected chi connectivity index (χ4v) is 2.89. The number of rotatable bonds is 3. The zero-order valence-electron chi connectivity index (χ0n) is 11.7. The van der Waals surface area contributed by atoms with Crippen LogP contribution in [0.2, 0.25) is 5.02 Å². The van der Waals surface area contributed by atoms with Crippen LogP contribution in [0.1, 0.15) is 5.56 Å². The predicted octanol–water partition coefficient (Wildman–Crippen LogP) is 1.92. The van der Waals surface area contributed by atoms with E-state index in [-0.39, 0.29) is 0 Å². The van der Waals surface area contributed by atoms with Crippen molar-refractivity contribution in [2.24, 2.45) is 5.73 Å². The summed E-state index contributed by atoms with van der Waals surface area (Å²) < 4.78 is 0. The molecule has 1 aliphatic rings. The van der Waals surface area contributed by atoms with E-state index in [1.165, 1.54) is 0 Å². The van der Waals surface area contributed by atoms with Crippen molar-refractivity contribution in [3.05, 3.63) is 47.2 Å². The van der Waals surface area contributed by atoms with Gasteiger partial charge in [0, 0.05) is 61.4 Å². The molecule has 6 heteroatoms. The number of hydrogen-bond acceptors (Lipinski definition) is 5. The number of piperazine rings is 1. The molecule has 110 valence electrons. The van der Waals surface area contributed by atoms with Crippen LogP contribution in [0.25, 0.3) is 0 Å². The summed E-state index contributed by atoms with van der Waals surface area (Å²) in [5.41, 5.74) is 7.99. The monoisotopic (exact) mass is 303 g/mol. The van der Waals surface area contributed by atoms with Crippen molar-refractivity contribution in [2.45, 2.75) is 6.54 Å². The molecule has 0 unspecified atom stereocenters. The first-order valence-electron chi connectivity index (χ1n) is 7.04. The lowest BCUT2D eigenvalue weighted by atomic mass is 10.1. The maximum atomic E-state index is 6.24. The van der Waals surface area contributed by atoms with Crippen molar-refractivity contribution in [3.8, 4) is 0 Å². The van der Waals surface area contributed by atoms with Gasteiger partial charge in [0.2, 0.25) is 5.95 Å². The Morgan fingerprint density at radius 2 is 1.67 bits per heavy atom. The SMILES string of the molecule is NCc1c(Cl)cccc1N1CCN(c2ncccn2)CC1. The fraction of sp³-hybridized carbons (Fsp3) is 0.333. The van der Waals surface area contributed by atoms with E-state index in [0.717, 1.165) is 48.4 Å². The first-order valence-corrected chi connectivity index (χ1v) is 7.42. The maximum absolute atomic E-state index is 6.24. The van der Waals surface area contributed by atoms with Gasteiger partial charge in [-0.25, -0.2) is 9.97 Å². The summed E-state index contributed by atoms with van der Waals surface area (Å²) in [6, 6.07) is 7.78. The molecule has 1 aliphatic heterocycles. The molecular weight excluding hydrogens is 286 g/mol. The molecule has 2 heterocycles. The van der Waals surface area contributed by atoms with Crippen LogP contribution in [-0.4, -0.2) is 36.1 Å². The van der Waals surface area contributed by atoms with Gasteiger partial charge in [0.05, 0.1) is 0 Å². The van der Waals surface area contributed by atoms with Gasteiger partial charge in [0.15, 0.2) is 0 Å². The average molecular weight is 304 g/mol. The number of halogens is 1. The van der Waals surface area contributed by atoms with Crippen molar-refractivity contribution in [3.63, 3.8) is 0 Å². The Balaban J connectivity index is 1.73. The van der Waals surface area contributed by atoms with Crippen LogP contribution in [0.15, 0.2) is 36.7 Å². The second-order valence-corrected chi connectivity index (χ2v) is 5.37. The van der Waals surface area contributed by atoms with E-state index >= 15 is 0 Å². The Kier molecular flexibility index (Phi) is 4.22. The van der Waals surface area contributed by atoms with Crippen LogP contribution in [0.3, 0.4) is 0 Å². The molecule has 1 aromatic heterocycles. The van der Waals surface area contributed by atoms with E-state index in [1.54, 1.807) is 12.4 Å². The minimum absolute atomic E-state index is 0.455. The van der Waals surface area contributed by atoms with Gasteiger partial charge >= 0.3 is 0 Å². The molecule has 2 aromatic rings. The van der Waals surface area contributed by atoms with Gasteiger partial charge in [-0.05, 0) is 18.2 Å². The number of nitrogens with two attached hydrogens (primary N) is 1. The highest BCUT2D eigenvalue weighted by atomic mass is 35.5. The maximum Gasteiger partial charge on any atom is 0.225 e. The van der Waals surface area contributed by atoms with Crippen LogP contribution in [0.5, 0.6) is 0 Å². The Labute approximate surface area is 129 Å². The molecule has 1 fully saturated rings. The molecular formula is C15H18ClN5. The van der Waals surface area contributed by atoms with E-state index in [9.17, 15) is 0 Å². The van der Waals surface area contributed by atoms with Gasteiger partial charge < -0.3 is 15.5 Å². The molecule has 0 saturated carbocycles. The summed E-state index contributed by atoms with van der Waals surface area (Å²) >= 11 is 6.24. The quantitative estimate of drug-likeness (QED) is 0.939. The number of benzene rings is 1. The van der Waals surface area contributed by atoms with Crippen LogP contribution >= 0.6 is 11.6 Å². The van der Waals surface area contributed by atoms with Crippen LogP contribution in [0, 0.1) is 0 Å². The molecule has 0 radical (unpaired) electrons. The molecule has 1 aromatic carbocycles. The molecule has 3 rings (SSSR count). The highest BCUT2D eigenvalue weighted by Gasteiger charge is 2.21. The topological polar surface area (TPSA) is 58.3 Å². The van der Waals surface area contributed by atoms with Crippen LogP contribution in [0.4, 0.5) is 11.6 Å². The smallest absolute Gasteiger partial charge is 0.225 e. The lowest BCUT2D eigenvalue weighted by molar-refractivity contribution is 0.638. The average Bonchev–Trinajstić information content (AvgIpc) is 2.55. The second-order valence-electron chi connectivity index (χ2n) is 4.96. The number of hydrogen-bond donors (Lipinski definition) is 1. The van der Waals surface area contributed by atoms with Gasteiger partial charge in [-0.15, -0.1) is 0 Å². The molecule has 0 atom stereocenters. The van der Waals surface area contributed by atoms with Crippen molar-refractivity contribution in [2.75, 3.05) is 36.0 Å². The van der Waals surface area contributed by atoms with Crippen molar-refractivity contribution in [1.29, 1.82) is 0 Å². The largest absolute Gasteiger partial charge is 0.368 e. The Morgan fingerprint density at radius 3 is 2.33 bits per heavy atom. The van der Waals surface area contributed by atoms with Crippen LogP contribution < -0.4 is 15.5 Å². The van der Waals surface area contributed by atoms with E-state index in [4.69, 9.17) is 17.3 Å². The van der Waals surface area contributed by atoms with Crippen molar-refractivity contribution < 1.29 is 0 Å². The minimum atomic E-state index is 0.455. The third-order valence-corrected chi connectivity index (χ3v) is 4.11. The second kappa shape index (κ2) is 6.28. The molecule has 0 bridgehead atoms. The molecule has 2 N–H and O–H groups in total. The molecule has 0 aliphatic carbocycles. The highest BCUT2D eigenvalue weighted by molar-refractivity contribution is 6.31. The Bertz CT molecular complexity index is 596. The third kappa shape index (κ3) is 2.94. The van der Waals surface area contributed by atoms with Gasteiger partial charge in [-0.2, -0.15) is 0 Å². The van der Waals surface area contributed by atoms with E-state index in [2.05, 4.69) is 25.8 Å². The van der Waals surface area contributed by atoms with E-state index in [1.807, 2.05) is 18.2 Å². The summed E-state index contributed by atoms with van der Waals surface area (Å²) in [7, 11) is 0. The van der Waals surface area contributed by atoms with E-state index in [0.29, 0.717) is 6.54 Å². The lowest BCUT2D eigenvalue weighted by Gasteiger charge is -2.37. The molecule has 21 heavy (non-hydrogen) atoms. The summed E-state index contributed by atoms with van der Waals surface area (Å²) in [6.45, 7) is 4.05. The van der Waals surface area contributed by atoms with Gasteiger partial charge in [0.1, 0.15) is 0 Å². The standard InChI is InChI=1S/C15H18ClN5/c16-13-3-1-4-14(12(13)11-17)20-7-9-21(10-8-20)15-18-5-2-6-19-15/h1-6H,7-11,17H2. The molecule has 0 spiro atoms. The van der Waals surface area contributed by atoms with Gasteiger partial charge in [-0.1, -0.05) is 17.7 Å². The summed E-state index contributed by atoms with van der Waals surface area (Å²) in [6.07, 6.45) is 3.55. The number of aromatic nitrogens is 2. The number of nitrogens with zero attached hydrogens (tertiary/aromatic N) is 4. The normalized spacial score (nSPS) is 15.3. The summed E-state index contributed by atoms with van der Waals surface area (Å²) in [4.78, 5) is 13.1. The zero-order valence-corrected chi connectivity index (χ0v) is 12.5. The van der Waals surface area contributed by atoms with Crippen LogP contribution in [-0.2, 0) is 6.54 Å². The lowest BCUT2D eigenvalue weighted by Crippen LogP contribution is -2.47. The first-order chi connectivity index (χ1) is 10.3. The third-order valence-electron chi connectivity index (χ3n) is 3.75. The highest BCUT2D eigenvalue weighted by Crippen LogP contribution is 2.28. The minimum Gasteiger partial charge on any atom is -0.368 e. The first kappa shape index (κ1) is 14.1. The zero-order chi connectivity index (χ0) is 14.7. The molecule has 1 saturated heterocycles. The number of anilines is 2. The predicted molar refractivity (Wildman–Crippen MR) is 85.8 cm³/mol. The van der Waals surface area contributed by atoms with Crippen molar-refractivity contribution in [1.82, 2.24) is 9.97 Å². The molecule has 5 nitrogen and oxygen atoms in total. The van der Waals surface area contributed by atoms with Gasteiger partial charge in [-0.3, -0.25) is 0 Å². The fourth-order valence-electron chi connectivity index (χ4n) is 2.65. The summed E-state index contributed by atoms with van der Waals surface area (Å²) in [5, 5.41) is 0.740. The summed E-state index contributed by atoms with van der Waals surface area (Å²) in [5.74, 6) is 0.794. The Morgan fingerprint density at radius 1 is 1.00 bits per heavy atom. The molecule has 0 amide bonds. The van der Waals surface area contributed by atoms with Gasteiger partial charge in [0.25, 0.3) is 0 Å². The van der Waals surface area contributed by atoms with E-state index < -0.39 is 0 Å². The van der Waals surface area contributed by atoms with Crippen molar-refractivity contribution >= 4 is 23.2 Å². The Hall–Kier alpha value is -1.85.